The first kappa shape index (κ1) is 12.0. The van der Waals surface area contributed by atoms with E-state index in [1.54, 1.807) is 0 Å². The predicted octanol–water partition coefficient (Wildman–Crippen LogP) is 3.94. The second-order valence-corrected chi connectivity index (χ2v) is 2.81. The molecule has 0 aromatic carbocycles. The van der Waals surface area contributed by atoms with Crippen molar-refractivity contribution in [1.82, 2.24) is 4.98 Å². The van der Waals surface area contributed by atoms with Gasteiger partial charge in [-0.1, -0.05) is 39.8 Å². The van der Waals surface area contributed by atoms with E-state index in [1.165, 1.54) is 23.2 Å². The second-order valence-electron chi connectivity index (χ2n) is 2.81. The molecule has 0 saturated heterocycles. The summed E-state index contributed by atoms with van der Waals surface area (Å²) in [5, 5.41) is 0. The van der Waals surface area contributed by atoms with Gasteiger partial charge in [-0.3, -0.25) is 0 Å². The van der Waals surface area contributed by atoms with Crippen LogP contribution in [0.4, 0.5) is 0 Å². The van der Waals surface area contributed by atoms with Crippen molar-refractivity contribution in [1.29, 1.82) is 0 Å². The van der Waals surface area contributed by atoms with Gasteiger partial charge in [0.25, 0.3) is 0 Å². The Balaban J connectivity index is 0.000000671. The maximum absolute atomic E-state index is 3.79. The lowest BCUT2D eigenvalue weighted by Crippen LogP contribution is -1.82. The second kappa shape index (κ2) is 6.53. The van der Waals surface area contributed by atoms with Crippen LogP contribution in [0, 0.1) is 6.92 Å². The highest BCUT2D eigenvalue weighted by Crippen LogP contribution is 2.15. The number of rotatable bonds is 3. The molecule has 0 spiro atoms. The first-order valence-corrected chi connectivity index (χ1v) is 5.08. The molecule has 0 aliphatic rings. The van der Waals surface area contributed by atoms with E-state index < -0.39 is 0 Å². The number of aryl methyl sites for hydroxylation is 2. The Morgan fingerprint density at radius 2 is 2.08 bits per heavy atom. The molecular weight excluding hydrogens is 158 g/mol. The number of aromatic amines is 1. The molecular formula is C12H21N. The molecule has 1 heteroatoms. The Kier molecular flexibility index (Phi) is 6.03. The van der Waals surface area contributed by atoms with E-state index in [-0.39, 0.29) is 0 Å². The Labute approximate surface area is 81.9 Å². The van der Waals surface area contributed by atoms with Gasteiger partial charge in [0.1, 0.15) is 0 Å². The fourth-order valence-electron chi connectivity index (χ4n) is 1.35. The van der Waals surface area contributed by atoms with E-state index in [2.05, 4.69) is 31.6 Å². The molecule has 0 aliphatic heterocycles. The van der Waals surface area contributed by atoms with Crippen LogP contribution in [0.2, 0.25) is 0 Å². The van der Waals surface area contributed by atoms with Crippen LogP contribution in [0.3, 0.4) is 0 Å². The molecule has 0 bridgehead atoms. The first-order chi connectivity index (χ1) is 6.29. The minimum atomic E-state index is 1.14. The molecule has 13 heavy (non-hydrogen) atoms. The zero-order valence-electron chi connectivity index (χ0n) is 9.28. The first-order valence-electron chi connectivity index (χ1n) is 5.08. The molecule has 0 radical (unpaired) electrons. The van der Waals surface area contributed by atoms with Gasteiger partial charge in [0.15, 0.2) is 0 Å². The van der Waals surface area contributed by atoms with Crippen molar-refractivity contribution in [3.8, 4) is 0 Å². The molecule has 1 aromatic rings. The van der Waals surface area contributed by atoms with Crippen LogP contribution >= 0.6 is 0 Å². The smallest absolute Gasteiger partial charge is 0.0191 e. The van der Waals surface area contributed by atoms with E-state index in [0.29, 0.717) is 0 Å². The van der Waals surface area contributed by atoms with Gasteiger partial charge in [-0.2, -0.15) is 0 Å². The zero-order chi connectivity index (χ0) is 10.3. The van der Waals surface area contributed by atoms with Gasteiger partial charge in [0, 0.05) is 11.9 Å². The largest absolute Gasteiger partial charge is 0.364 e. The maximum Gasteiger partial charge on any atom is 0.0191 e. The number of hydrogen-bond acceptors (Lipinski definition) is 0. The molecule has 0 atom stereocenters. The van der Waals surface area contributed by atoms with Crippen LogP contribution < -0.4 is 0 Å². The summed E-state index contributed by atoms with van der Waals surface area (Å²) in [6, 6.07) is 0. The SMILES string of the molecule is C=Cc1c(CCC)c[nH]c1C.CC. The van der Waals surface area contributed by atoms with Crippen LogP contribution in [-0.2, 0) is 6.42 Å². The van der Waals surface area contributed by atoms with Crippen molar-refractivity contribution in [2.75, 3.05) is 0 Å². The summed E-state index contributed by atoms with van der Waals surface area (Å²) in [5.41, 5.74) is 3.90. The molecule has 0 unspecified atom stereocenters. The van der Waals surface area contributed by atoms with Gasteiger partial charge in [-0.25, -0.2) is 0 Å². The summed E-state index contributed by atoms with van der Waals surface area (Å²) in [5.74, 6) is 0. The number of aromatic nitrogens is 1. The normalized spacial score (nSPS) is 8.92. The van der Waals surface area contributed by atoms with Crippen molar-refractivity contribution in [3.63, 3.8) is 0 Å². The highest BCUT2D eigenvalue weighted by atomic mass is 14.7. The Morgan fingerprint density at radius 1 is 1.46 bits per heavy atom. The number of nitrogens with one attached hydrogen (secondary N) is 1. The highest BCUT2D eigenvalue weighted by Gasteiger charge is 2.02. The van der Waals surface area contributed by atoms with E-state index in [0.717, 1.165) is 6.42 Å². The minimum absolute atomic E-state index is 1.14. The van der Waals surface area contributed by atoms with Gasteiger partial charge in [-0.05, 0) is 24.5 Å². The van der Waals surface area contributed by atoms with Crippen LogP contribution in [0.25, 0.3) is 6.08 Å². The predicted molar refractivity (Wildman–Crippen MR) is 61.0 cm³/mol. The highest BCUT2D eigenvalue weighted by molar-refractivity contribution is 5.54. The van der Waals surface area contributed by atoms with Crippen LogP contribution in [0.15, 0.2) is 12.8 Å². The summed E-state index contributed by atoms with van der Waals surface area (Å²) in [6.07, 6.45) is 6.34. The van der Waals surface area contributed by atoms with Crippen molar-refractivity contribution in [2.24, 2.45) is 0 Å². The third-order valence-electron chi connectivity index (χ3n) is 1.94. The van der Waals surface area contributed by atoms with Gasteiger partial charge in [0.05, 0.1) is 0 Å². The summed E-state index contributed by atoms with van der Waals surface area (Å²) in [4.78, 5) is 3.20. The average Bonchev–Trinajstić information content (AvgIpc) is 2.51. The van der Waals surface area contributed by atoms with Gasteiger partial charge in [0.2, 0.25) is 0 Å². The third kappa shape index (κ3) is 3.10. The lowest BCUT2D eigenvalue weighted by Gasteiger charge is -1.96. The molecule has 0 fully saturated rings. The monoisotopic (exact) mass is 179 g/mol. The lowest BCUT2D eigenvalue weighted by atomic mass is 10.1. The summed E-state index contributed by atoms with van der Waals surface area (Å²) in [6.45, 7) is 12.1. The van der Waals surface area contributed by atoms with Crippen LogP contribution in [0.1, 0.15) is 44.0 Å². The fourth-order valence-corrected chi connectivity index (χ4v) is 1.35. The summed E-state index contributed by atoms with van der Waals surface area (Å²) in [7, 11) is 0. The van der Waals surface area contributed by atoms with Gasteiger partial charge >= 0.3 is 0 Å². The molecule has 1 rings (SSSR count). The Bertz CT molecular complexity index is 246. The summed E-state index contributed by atoms with van der Waals surface area (Å²) < 4.78 is 0. The van der Waals surface area contributed by atoms with Gasteiger partial charge < -0.3 is 4.98 Å². The molecule has 1 nitrogen and oxygen atoms in total. The van der Waals surface area contributed by atoms with E-state index in [9.17, 15) is 0 Å². The van der Waals surface area contributed by atoms with E-state index >= 15 is 0 Å². The van der Waals surface area contributed by atoms with E-state index in [4.69, 9.17) is 0 Å². The molecule has 1 aromatic heterocycles. The van der Waals surface area contributed by atoms with Crippen LogP contribution in [0.5, 0.6) is 0 Å². The van der Waals surface area contributed by atoms with Crippen LogP contribution in [-0.4, -0.2) is 4.98 Å². The molecule has 0 aliphatic carbocycles. The molecule has 1 N–H and O–H groups in total. The minimum Gasteiger partial charge on any atom is -0.364 e. The van der Waals surface area contributed by atoms with Crippen molar-refractivity contribution >= 4 is 6.08 Å². The van der Waals surface area contributed by atoms with Crippen molar-refractivity contribution in [3.05, 3.63) is 29.6 Å². The molecule has 1 heterocycles. The average molecular weight is 179 g/mol. The maximum atomic E-state index is 3.79. The Morgan fingerprint density at radius 3 is 2.54 bits per heavy atom. The zero-order valence-corrected chi connectivity index (χ0v) is 9.28. The fraction of sp³-hybridized carbons (Fsp3) is 0.500. The standard InChI is InChI=1S/C10H15N.C2H6/c1-4-6-9-7-11-8(3)10(9)5-2;1-2/h5,7,11H,2,4,6H2,1,3H3;1-2H3. The quantitative estimate of drug-likeness (QED) is 0.723. The third-order valence-corrected chi connectivity index (χ3v) is 1.94. The topological polar surface area (TPSA) is 15.8 Å². The molecule has 74 valence electrons. The van der Waals surface area contributed by atoms with Crippen molar-refractivity contribution in [2.45, 2.75) is 40.5 Å². The summed E-state index contributed by atoms with van der Waals surface area (Å²) >= 11 is 0. The van der Waals surface area contributed by atoms with E-state index in [1.807, 2.05) is 19.9 Å². The Hall–Kier alpha value is -0.980. The number of hydrogen-bond donors (Lipinski definition) is 1. The lowest BCUT2D eigenvalue weighted by molar-refractivity contribution is 0.921. The van der Waals surface area contributed by atoms with Gasteiger partial charge in [-0.15, -0.1) is 0 Å². The molecule has 0 amide bonds. The molecule has 0 saturated carbocycles. The van der Waals surface area contributed by atoms with Crippen molar-refractivity contribution < 1.29 is 0 Å². The number of H-pyrrole nitrogens is 1.